The lowest BCUT2D eigenvalue weighted by Crippen LogP contribution is -2.47. The summed E-state index contributed by atoms with van der Waals surface area (Å²) in [5, 5.41) is 0. The van der Waals surface area contributed by atoms with Crippen LogP contribution in [-0.4, -0.2) is 61.4 Å². The van der Waals surface area contributed by atoms with Gasteiger partial charge in [0.2, 0.25) is 5.91 Å². The summed E-state index contributed by atoms with van der Waals surface area (Å²) < 4.78 is 11.4. The zero-order valence-electron chi connectivity index (χ0n) is 15.4. The minimum absolute atomic E-state index is 0.0455. The van der Waals surface area contributed by atoms with E-state index < -0.39 is 0 Å². The molecule has 2 aliphatic rings. The molecule has 0 radical (unpaired) electrons. The number of ether oxygens (including phenoxy) is 2. The normalized spacial score (nSPS) is 21.4. The molecule has 1 unspecified atom stereocenters. The molecule has 1 amide bonds. The number of rotatable bonds is 6. The first-order chi connectivity index (χ1) is 12.2. The van der Waals surface area contributed by atoms with Crippen molar-refractivity contribution in [2.75, 3.05) is 39.4 Å². The van der Waals surface area contributed by atoms with Crippen molar-refractivity contribution in [2.24, 2.45) is 5.92 Å². The summed E-state index contributed by atoms with van der Waals surface area (Å²) in [5.41, 5.74) is 1.09. The number of hydrogen-bond acceptors (Lipinski definition) is 4. The van der Waals surface area contributed by atoms with Crippen LogP contribution in [0, 0.1) is 5.92 Å². The summed E-state index contributed by atoms with van der Waals surface area (Å²) in [6.07, 6.45) is 1.98. The number of hydrogen-bond donors (Lipinski definition) is 0. The fraction of sp³-hybridized carbons (Fsp3) is 0.650. The van der Waals surface area contributed by atoms with E-state index in [0.717, 1.165) is 44.6 Å². The van der Waals surface area contributed by atoms with Crippen molar-refractivity contribution in [2.45, 2.75) is 39.0 Å². The van der Waals surface area contributed by atoms with Gasteiger partial charge >= 0.3 is 0 Å². The predicted molar refractivity (Wildman–Crippen MR) is 97.1 cm³/mol. The highest BCUT2D eigenvalue weighted by molar-refractivity contribution is 5.83. The molecule has 2 heterocycles. The molecule has 138 valence electrons. The van der Waals surface area contributed by atoms with Crippen LogP contribution in [-0.2, 0) is 14.3 Å². The Balaban J connectivity index is 1.72. The monoisotopic (exact) mass is 346 g/mol. The molecule has 0 spiro atoms. The van der Waals surface area contributed by atoms with Crippen molar-refractivity contribution in [3.63, 3.8) is 0 Å². The largest absolute Gasteiger partial charge is 0.350 e. The highest BCUT2D eigenvalue weighted by Gasteiger charge is 2.36. The maximum atomic E-state index is 13.2. The smallest absolute Gasteiger partial charge is 0.244 e. The average Bonchev–Trinajstić information content (AvgIpc) is 3.19. The molecule has 25 heavy (non-hydrogen) atoms. The molecule has 0 saturated carbocycles. The number of amides is 1. The van der Waals surface area contributed by atoms with Crippen LogP contribution in [0.2, 0.25) is 0 Å². The topological polar surface area (TPSA) is 42.0 Å². The SMILES string of the molecule is CCN(CC)C(=O)C(c1ccccc1)N1CCC(C2OCCO2)CC1. The Morgan fingerprint density at radius 2 is 1.72 bits per heavy atom. The van der Waals surface area contributed by atoms with Crippen LogP contribution in [0.3, 0.4) is 0 Å². The van der Waals surface area contributed by atoms with Gasteiger partial charge in [-0.3, -0.25) is 9.69 Å². The van der Waals surface area contributed by atoms with Gasteiger partial charge in [0.05, 0.1) is 13.2 Å². The Morgan fingerprint density at radius 3 is 2.28 bits per heavy atom. The van der Waals surface area contributed by atoms with Gasteiger partial charge in [-0.1, -0.05) is 30.3 Å². The van der Waals surface area contributed by atoms with Crippen LogP contribution >= 0.6 is 0 Å². The molecule has 2 saturated heterocycles. The molecule has 5 nitrogen and oxygen atoms in total. The molecule has 0 N–H and O–H groups in total. The summed E-state index contributed by atoms with van der Waals surface area (Å²) in [7, 11) is 0. The Labute approximate surface area is 150 Å². The lowest BCUT2D eigenvalue weighted by Gasteiger charge is -2.39. The average molecular weight is 346 g/mol. The molecular weight excluding hydrogens is 316 g/mol. The lowest BCUT2D eigenvalue weighted by molar-refractivity contribution is -0.139. The van der Waals surface area contributed by atoms with Gasteiger partial charge < -0.3 is 14.4 Å². The van der Waals surface area contributed by atoms with Crippen molar-refractivity contribution >= 4 is 5.91 Å². The van der Waals surface area contributed by atoms with Gasteiger partial charge in [0, 0.05) is 19.0 Å². The minimum atomic E-state index is -0.188. The van der Waals surface area contributed by atoms with Crippen LogP contribution in [0.15, 0.2) is 30.3 Å². The Hall–Kier alpha value is -1.43. The zero-order chi connectivity index (χ0) is 17.6. The maximum Gasteiger partial charge on any atom is 0.244 e. The first-order valence-corrected chi connectivity index (χ1v) is 9.55. The van der Waals surface area contributed by atoms with Gasteiger partial charge in [-0.25, -0.2) is 0 Å². The van der Waals surface area contributed by atoms with Gasteiger partial charge in [0.25, 0.3) is 0 Å². The van der Waals surface area contributed by atoms with Crippen molar-refractivity contribution in [3.05, 3.63) is 35.9 Å². The van der Waals surface area contributed by atoms with Crippen molar-refractivity contribution in [1.29, 1.82) is 0 Å². The number of nitrogens with zero attached hydrogens (tertiary/aromatic N) is 2. The lowest BCUT2D eigenvalue weighted by atomic mass is 9.93. The predicted octanol–water partition coefficient (Wildman–Crippen LogP) is 2.68. The van der Waals surface area contributed by atoms with Crippen LogP contribution in [0.1, 0.15) is 38.3 Å². The molecular formula is C20H30N2O3. The summed E-state index contributed by atoms with van der Waals surface area (Å²) in [6, 6.07) is 9.99. The quantitative estimate of drug-likeness (QED) is 0.794. The van der Waals surface area contributed by atoms with Gasteiger partial charge in [-0.15, -0.1) is 0 Å². The number of piperidine rings is 1. The molecule has 0 aromatic heterocycles. The Bertz CT molecular complexity index is 533. The van der Waals surface area contributed by atoms with Gasteiger partial charge in [-0.05, 0) is 45.3 Å². The molecule has 5 heteroatoms. The minimum Gasteiger partial charge on any atom is -0.350 e. The van der Waals surface area contributed by atoms with E-state index in [1.165, 1.54) is 0 Å². The summed E-state index contributed by atoms with van der Waals surface area (Å²) in [5.74, 6) is 0.654. The standard InChI is InChI=1S/C20H30N2O3/c1-3-21(4-2)19(23)18(16-8-6-5-7-9-16)22-12-10-17(11-13-22)20-24-14-15-25-20/h5-9,17-18,20H,3-4,10-15H2,1-2H3. The molecule has 0 bridgehead atoms. The van der Waals surface area contributed by atoms with Crippen LogP contribution in [0.4, 0.5) is 0 Å². The second-order valence-electron chi connectivity index (χ2n) is 6.81. The first kappa shape index (κ1) is 18.4. The van der Waals surface area contributed by atoms with Crippen molar-refractivity contribution in [3.8, 4) is 0 Å². The van der Waals surface area contributed by atoms with Crippen LogP contribution < -0.4 is 0 Å². The Morgan fingerprint density at radius 1 is 1.12 bits per heavy atom. The second kappa shape index (κ2) is 8.79. The fourth-order valence-corrected chi connectivity index (χ4v) is 3.95. The Kier molecular flexibility index (Phi) is 6.45. The van der Waals surface area contributed by atoms with Crippen LogP contribution in [0.5, 0.6) is 0 Å². The fourth-order valence-electron chi connectivity index (χ4n) is 3.95. The highest BCUT2D eigenvalue weighted by atomic mass is 16.7. The molecule has 1 atom stereocenters. The number of carbonyl (C=O) groups is 1. The van der Waals surface area contributed by atoms with E-state index in [0.29, 0.717) is 19.1 Å². The van der Waals surface area contributed by atoms with Gasteiger partial charge in [0.15, 0.2) is 6.29 Å². The van der Waals surface area contributed by atoms with Crippen molar-refractivity contribution in [1.82, 2.24) is 9.80 Å². The van der Waals surface area contributed by atoms with Gasteiger partial charge in [-0.2, -0.15) is 0 Å². The van der Waals surface area contributed by atoms with E-state index >= 15 is 0 Å². The number of carbonyl (C=O) groups excluding carboxylic acids is 1. The summed E-state index contributed by atoms with van der Waals surface area (Å²) in [4.78, 5) is 17.5. The van der Waals surface area contributed by atoms with E-state index in [1.807, 2.05) is 36.9 Å². The molecule has 3 rings (SSSR count). The van der Waals surface area contributed by atoms with Crippen LogP contribution in [0.25, 0.3) is 0 Å². The van der Waals surface area contributed by atoms with E-state index in [9.17, 15) is 4.79 Å². The molecule has 0 aliphatic carbocycles. The third-order valence-corrected chi connectivity index (χ3v) is 5.40. The summed E-state index contributed by atoms with van der Waals surface area (Å²) >= 11 is 0. The summed E-state index contributed by atoms with van der Waals surface area (Å²) in [6.45, 7) is 8.81. The van der Waals surface area contributed by atoms with Crippen molar-refractivity contribution < 1.29 is 14.3 Å². The molecule has 1 aromatic carbocycles. The molecule has 1 aromatic rings. The third-order valence-electron chi connectivity index (χ3n) is 5.40. The second-order valence-corrected chi connectivity index (χ2v) is 6.81. The highest BCUT2D eigenvalue weighted by Crippen LogP contribution is 2.31. The number of benzene rings is 1. The van der Waals surface area contributed by atoms with E-state index in [2.05, 4.69) is 17.0 Å². The number of likely N-dealkylation sites (tertiary alicyclic amines) is 1. The maximum absolute atomic E-state index is 13.2. The molecule has 2 aliphatic heterocycles. The van der Waals surface area contributed by atoms with Gasteiger partial charge in [0.1, 0.15) is 6.04 Å². The number of likely N-dealkylation sites (N-methyl/N-ethyl adjacent to an activating group) is 1. The van der Waals surface area contributed by atoms with E-state index in [1.54, 1.807) is 0 Å². The molecule has 2 fully saturated rings. The van der Waals surface area contributed by atoms with E-state index in [-0.39, 0.29) is 18.2 Å². The first-order valence-electron chi connectivity index (χ1n) is 9.55. The van der Waals surface area contributed by atoms with E-state index in [4.69, 9.17) is 9.47 Å². The third kappa shape index (κ3) is 4.22. The zero-order valence-corrected chi connectivity index (χ0v) is 15.4.